The standard InChI is InChI=1S/C22H23BrN2O5/c1-4-29-17-11-8-14(12-16(17)23)20-18(21(26)30-5-2)19(24-22(27)25-20)13-6-9-15(28-3)10-7-13/h6-12,20H,4-5H2,1-3H3,(H2,24,25,27). The van der Waals surface area contributed by atoms with E-state index >= 15 is 0 Å². The van der Waals surface area contributed by atoms with Gasteiger partial charge in [-0.05, 0) is 77.3 Å². The summed E-state index contributed by atoms with van der Waals surface area (Å²) in [5, 5.41) is 5.59. The van der Waals surface area contributed by atoms with Gasteiger partial charge in [-0.3, -0.25) is 0 Å². The minimum atomic E-state index is -0.693. The summed E-state index contributed by atoms with van der Waals surface area (Å²) in [4.78, 5) is 25.4. The highest BCUT2D eigenvalue weighted by Gasteiger charge is 2.34. The van der Waals surface area contributed by atoms with Crippen molar-refractivity contribution in [2.75, 3.05) is 20.3 Å². The minimum Gasteiger partial charge on any atom is -0.497 e. The van der Waals surface area contributed by atoms with Crippen LogP contribution in [0.3, 0.4) is 0 Å². The van der Waals surface area contributed by atoms with E-state index in [9.17, 15) is 9.59 Å². The minimum absolute atomic E-state index is 0.214. The highest BCUT2D eigenvalue weighted by Crippen LogP contribution is 2.35. The molecule has 2 aromatic rings. The number of carbonyl (C=O) groups excluding carboxylic acids is 2. The molecule has 2 N–H and O–H groups in total. The Hall–Kier alpha value is -3.00. The molecule has 0 aliphatic carbocycles. The van der Waals surface area contributed by atoms with E-state index in [-0.39, 0.29) is 6.61 Å². The number of rotatable bonds is 7. The Balaban J connectivity index is 2.13. The first-order valence-electron chi connectivity index (χ1n) is 9.53. The van der Waals surface area contributed by atoms with E-state index in [1.165, 1.54) is 0 Å². The van der Waals surface area contributed by atoms with Gasteiger partial charge < -0.3 is 24.8 Å². The fourth-order valence-corrected chi connectivity index (χ4v) is 3.71. The summed E-state index contributed by atoms with van der Waals surface area (Å²) in [7, 11) is 1.57. The predicted molar refractivity (Wildman–Crippen MR) is 116 cm³/mol. The average Bonchev–Trinajstić information content (AvgIpc) is 2.75. The van der Waals surface area contributed by atoms with Gasteiger partial charge in [-0.1, -0.05) is 6.07 Å². The van der Waals surface area contributed by atoms with E-state index in [1.807, 2.05) is 19.1 Å². The van der Waals surface area contributed by atoms with Crippen molar-refractivity contribution in [3.63, 3.8) is 0 Å². The molecule has 1 heterocycles. The van der Waals surface area contributed by atoms with Gasteiger partial charge in [0.25, 0.3) is 0 Å². The Morgan fingerprint density at radius 2 is 1.83 bits per heavy atom. The number of carbonyl (C=O) groups is 2. The van der Waals surface area contributed by atoms with Crippen LogP contribution in [0.25, 0.3) is 5.70 Å². The van der Waals surface area contributed by atoms with Crippen LogP contribution in [0.5, 0.6) is 11.5 Å². The molecule has 1 aliphatic heterocycles. The number of halogens is 1. The summed E-state index contributed by atoms with van der Waals surface area (Å²) < 4.78 is 16.8. The molecule has 30 heavy (non-hydrogen) atoms. The Morgan fingerprint density at radius 1 is 1.10 bits per heavy atom. The lowest BCUT2D eigenvalue weighted by atomic mass is 9.92. The molecule has 0 aromatic heterocycles. The number of nitrogens with one attached hydrogen (secondary N) is 2. The highest BCUT2D eigenvalue weighted by atomic mass is 79.9. The first-order chi connectivity index (χ1) is 14.5. The van der Waals surface area contributed by atoms with E-state index in [0.717, 1.165) is 4.47 Å². The molecule has 2 amide bonds. The maximum absolute atomic E-state index is 12.9. The van der Waals surface area contributed by atoms with Crippen molar-refractivity contribution in [1.82, 2.24) is 10.6 Å². The molecular formula is C22H23BrN2O5. The molecule has 0 bridgehead atoms. The molecule has 7 nitrogen and oxygen atoms in total. The van der Waals surface area contributed by atoms with Crippen LogP contribution in [-0.2, 0) is 9.53 Å². The molecule has 1 atom stereocenters. The largest absolute Gasteiger partial charge is 0.497 e. The van der Waals surface area contributed by atoms with Crippen LogP contribution in [0.2, 0.25) is 0 Å². The second-order valence-corrected chi connectivity index (χ2v) is 7.25. The van der Waals surface area contributed by atoms with Gasteiger partial charge in [0.15, 0.2) is 0 Å². The number of esters is 1. The molecule has 1 aliphatic rings. The van der Waals surface area contributed by atoms with Crippen molar-refractivity contribution in [2.45, 2.75) is 19.9 Å². The third-order valence-corrected chi connectivity index (χ3v) is 5.15. The van der Waals surface area contributed by atoms with Crippen LogP contribution in [0, 0.1) is 0 Å². The van der Waals surface area contributed by atoms with Crippen molar-refractivity contribution >= 4 is 33.6 Å². The second-order valence-electron chi connectivity index (χ2n) is 6.39. The van der Waals surface area contributed by atoms with Crippen LogP contribution >= 0.6 is 15.9 Å². The third kappa shape index (κ3) is 4.59. The second kappa shape index (κ2) is 9.67. The molecule has 8 heteroatoms. The predicted octanol–water partition coefficient (Wildman–Crippen LogP) is 4.18. The number of hydrogen-bond donors (Lipinski definition) is 2. The van der Waals surface area contributed by atoms with Crippen molar-refractivity contribution in [2.24, 2.45) is 0 Å². The molecular weight excluding hydrogens is 452 g/mol. The highest BCUT2D eigenvalue weighted by molar-refractivity contribution is 9.10. The Bertz CT molecular complexity index is 972. The van der Waals surface area contributed by atoms with Crippen molar-refractivity contribution in [1.29, 1.82) is 0 Å². The Kier molecular flexibility index (Phi) is 6.99. The molecule has 158 valence electrons. The summed E-state index contributed by atoms with van der Waals surface area (Å²) in [6.07, 6.45) is 0. The van der Waals surface area contributed by atoms with Gasteiger partial charge in [0.1, 0.15) is 11.5 Å². The topological polar surface area (TPSA) is 85.9 Å². The van der Waals surface area contributed by atoms with E-state index in [1.54, 1.807) is 44.4 Å². The number of benzene rings is 2. The summed E-state index contributed by atoms with van der Waals surface area (Å²) >= 11 is 3.49. The number of amides is 2. The molecule has 0 radical (unpaired) electrons. The lowest BCUT2D eigenvalue weighted by Gasteiger charge is -2.29. The van der Waals surface area contributed by atoms with Gasteiger partial charge in [-0.25, -0.2) is 9.59 Å². The summed E-state index contributed by atoms with van der Waals surface area (Å²) in [5.74, 6) is 0.841. The van der Waals surface area contributed by atoms with Gasteiger partial charge >= 0.3 is 12.0 Å². The molecule has 3 rings (SSSR count). The molecule has 0 spiro atoms. The quantitative estimate of drug-likeness (QED) is 0.587. The molecule has 0 fully saturated rings. The fourth-order valence-electron chi connectivity index (χ4n) is 3.20. The summed E-state index contributed by atoms with van der Waals surface area (Å²) in [6.45, 7) is 4.38. The zero-order valence-electron chi connectivity index (χ0n) is 17.0. The summed E-state index contributed by atoms with van der Waals surface area (Å²) in [5.41, 5.74) is 2.10. The van der Waals surface area contributed by atoms with Crippen molar-refractivity contribution in [3.8, 4) is 11.5 Å². The molecule has 2 aromatic carbocycles. The smallest absolute Gasteiger partial charge is 0.338 e. The van der Waals surface area contributed by atoms with Gasteiger partial charge in [0.2, 0.25) is 0 Å². The fraction of sp³-hybridized carbons (Fsp3) is 0.273. The van der Waals surface area contributed by atoms with E-state index in [4.69, 9.17) is 14.2 Å². The SMILES string of the molecule is CCOC(=O)C1=C(c2ccc(OC)cc2)NC(=O)NC1c1ccc(OCC)c(Br)c1. The zero-order valence-corrected chi connectivity index (χ0v) is 18.5. The van der Waals surface area contributed by atoms with Crippen LogP contribution in [0.15, 0.2) is 52.5 Å². The van der Waals surface area contributed by atoms with Gasteiger partial charge in [0, 0.05) is 0 Å². The van der Waals surface area contributed by atoms with Crippen LogP contribution in [0.1, 0.15) is 31.0 Å². The normalized spacial score (nSPS) is 15.9. The van der Waals surface area contributed by atoms with Crippen molar-refractivity contribution < 1.29 is 23.8 Å². The van der Waals surface area contributed by atoms with E-state index in [0.29, 0.717) is 40.5 Å². The maximum atomic E-state index is 12.9. The van der Waals surface area contributed by atoms with Gasteiger partial charge in [-0.15, -0.1) is 0 Å². The lowest BCUT2D eigenvalue weighted by Crippen LogP contribution is -2.45. The zero-order chi connectivity index (χ0) is 21.7. The van der Waals surface area contributed by atoms with Crippen LogP contribution in [-0.4, -0.2) is 32.3 Å². The molecule has 1 unspecified atom stereocenters. The maximum Gasteiger partial charge on any atom is 0.338 e. The summed E-state index contributed by atoms with van der Waals surface area (Å²) in [6, 6.07) is 11.4. The average molecular weight is 475 g/mol. The first kappa shape index (κ1) is 21.7. The lowest BCUT2D eigenvalue weighted by molar-refractivity contribution is -0.138. The monoisotopic (exact) mass is 474 g/mol. The Morgan fingerprint density at radius 3 is 2.43 bits per heavy atom. The van der Waals surface area contributed by atoms with Crippen molar-refractivity contribution in [3.05, 3.63) is 63.6 Å². The van der Waals surface area contributed by atoms with E-state index in [2.05, 4.69) is 26.6 Å². The molecule has 0 saturated heterocycles. The third-order valence-electron chi connectivity index (χ3n) is 4.54. The first-order valence-corrected chi connectivity index (χ1v) is 10.3. The number of ether oxygens (including phenoxy) is 3. The van der Waals surface area contributed by atoms with E-state index < -0.39 is 18.0 Å². The van der Waals surface area contributed by atoms with Gasteiger partial charge in [0.05, 0.1) is 42.1 Å². The Labute approximate surface area is 183 Å². The van der Waals surface area contributed by atoms with Gasteiger partial charge in [-0.2, -0.15) is 0 Å². The number of methoxy groups -OCH3 is 1. The molecule has 0 saturated carbocycles. The number of hydrogen-bond acceptors (Lipinski definition) is 5. The number of urea groups is 1. The van der Waals surface area contributed by atoms with Crippen LogP contribution < -0.4 is 20.1 Å². The van der Waals surface area contributed by atoms with Crippen LogP contribution in [0.4, 0.5) is 4.79 Å².